The average molecular weight is 690 g/mol. The molecule has 0 saturated carbocycles. The van der Waals surface area contributed by atoms with Crippen molar-refractivity contribution in [3.63, 3.8) is 0 Å². The molecule has 5 nitrogen and oxygen atoms in total. The van der Waals surface area contributed by atoms with Gasteiger partial charge in [0.15, 0.2) is 0 Å². The van der Waals surface area contributed by atoms with E-state index >= 15 is 0 Å². The van der Waals surface area contributed by atoms with Crippen LogP contribution in [-0.2, 0) is 12.8 Å². The number of phenolic OH excluding ortho intramolecular Hbond substituents is 1. The quantitative estimate of drug-likeness (QED) is 0.114. The smallest absolute Gasteiger partial charge is 0.135 e. The third-order valence-corrected chi connectivity index (χ3v) is 12.2. The number of hydrogen-bond acceptors (Lipinski definition) is 6. The van der Waals surface area contributed by atoms with Crippen LogP contribution in [0.2, 0.25) is 0 Å². The number of nitrogens with one attached hydrogen (secondary N) is 3. The zero-order valence-corrected chi connectivity index (χ0v) is 29.6. The Bertz CT molecular complexity index is 2360. The van der Waals surface area contributed by atoms with Gasteiger partial charge >= 0.3 is 0 Å². The Morgan fingerprint density at radius 1 is 0.765 bits per heavy atom. The number of fused-ring (bicyclic) bond motifs is 6. The molecule has 1 aliphatic heterocycles. The Balaban J connectivity index is 0.892. The molecule has 1 fully saturated rings. The van der Waals surface area contributed by atoms with E-state index in [1.165, 1.54) is 42.4 Å². The van der Waals surface area contributed by atoms with Crippen LogP contribution < -0.4 is 16.0 Å². The largest absolute Gasteiger partial charge is 0.507 e. The van der Waals surface area contributed by atoms with Crippen molar-refractivity contribution in [1.82, 2.24) is 16.0 Å². The molecule has 0 radical (unpaired) electrons. The first-order chi connectivity index (χ1) is 25.1. The van der Waals surface area contributed by atoms with E-state index in [0.29, 0.717) is 11.7 Å². The van der Waals surface area contributed by atoms with Crippen LogP contribution in [0.15, 0.2) is 126 Å². The van der Waals surface area contributed by atoms with Gasteiger partial charge in [-0.3, -0.25) is 16.0 Å². The molecule has 5 atom stereocenters. The van der Waals surface area contributed by atoms with Gasteiger partial charge in [0.1, 0.15) is 16.9 Å². The van der Waals surface area contributed by atoms with Gasteiger partial charge in [0.25, 0.3) is 0 Å². The van der Waals surface area contributed by atoms with Gasteiger partial charge in [0.2, 0.25) is 0 Å². The van der Waals surface area contributed by atoms with E-state index in [4.69, 9.17) is 4.42 Å². The lowest BCUT2D eigenvalue weighted by atomic mass is 9.90. The Kier molecular flexibility index (Phi) is 8.70. The molecule has 256 valence electrons. The fourth-order valence-electron chi connectivity index (χ4n) is 8.14. The summed E-state index contributed by atoms with van der Waals surface area (Å²) in [4.78, 5) is 1.44. The molecule has 1 aliphatic carbocycles. The topological polar surface area (TPSA) is 69.5 Å². The number of rotatable bonds is 9. The van der Waals surface area contributed by atoms with Crippen molar-refractivity contribution in [3.05, 3.63) is 154 Å². The van der Waals surface area contributed by atoms with E-state index in [0.717, 1.165) is 54.4 Å². The molecule has 2 aliphatic rings. The molecule has 1 saturated heterocycles. The molecule has 2 aromatic heterocycles. The highest BCUT2D eigenvalue weighted by Gasteiger charge is 2.35. The molecule has 5 unspecified atom stereocenters. The van der Waals surface area contributed by atoms with Crippen molar-refractivity contribution in [1.29, 1.82) is 0 Å². The van der Waals surface area contributed by atoms with Crippen molar-refractivity contribution < 1.29 is 9.52 Å². The highest BCUT2D eigenvalue weighted by Crippen LogP contribution is 2.39. The molecule has 51 heavy (non-hydrogen) atoms. The monoisotopic (exact) mass is 689 g/mol. The first-order valence-electron chi connectivity index (χ1n) is 18.3. The summed E-state index contributed by atoms with van der Waals surface area (Å²) in [5, 5.41) is 26.9. The van der Waals surface area contributed by atoms with Crippen LogP contribution in [0.1, 0.15) is 77.1 Å². The van der Waals surface area contributed by atoms with E-state index in [2.05, 4.69) is 138 Å². The van der Waals surface area contributed by atoms with Crippen LogP contribution >= 0.6 is 11.3 Å². The first kappa shape index (κ1) is 32.2. The Morgan fingerprint density at radius 3 is 2.45 bits per heavy atom. The van der Waals surface area contributed by atoms with Crippen LogP contribution in [0.4, 0.5) is 0 Å². The van der Waals surface area contributed by atoms with Gasteiger partial charge in [-0.2, -0.15) is 0 Å². The van der Waals surface area contributed by atoms with Crippen LogP contribution in [-0.4, -0.2) is 11.3 Å². The van der Waals surface area contributed by atoms with Gasteiger partial charge in [-0.15, -0.1) is 11.3 Å². The number of aromatic hydroxyl groups is 1. The lowest BCUT2D eigenvalue weighted by molar-refractivity contribution is 0.168. The van der Waals surface area contributed by atoms with Crippen molar-refractivity contribution in [3.8, 4) is 5.75 Å². The van der Waals surface area contributed by atoms with E-state index < -0.39 is 0 Å². The SMILES string of the molecule is CC(CCCCc1cccc(C2NC(c3ccccc3)NC(C3C=Cc4c(sc5ccccc45)C3)N2)c1O)c1ccc2c(c1)oc1ccccc12. The summed E-state index contributed by atoms with van der Waals surface area (Å²) < 4.78 is 7.50. The molecule has 3 heterocycles. The van der Waals surface area contributed by atoms with Crippen LogP contribution in [0, 0.1) is 5.92 Å². The van der Waals surface area contributed by atoms with Crippen molar-refractivity contribution in [2.45, 2.75) is 63.4 Å². The molecule has 4 N–H and O–H groups in total. The summed E-state index contributed by atoms with van der Waals surface area (Å²) >= 11 is 1.91. The molecular weight excluding hydrogens is 647 g/mol. The van der Waals surface area contributed by atoms with Gasteiger partial charge in [-0.05, 0) is 77.4 Å². The number of aryl methyl sites for hydroxylation is 1. The normalized spacial score (nSPS) is 21.0. The molecule has 0 bridgehead atoms. The maximum atomic E-state index is 11.7. The Labute approximate surface area is 303 Å². The number of benzene rings is 5. The number of hydrogen-bond donors (Lipinski definition) is 4. The minimum absolute atomic E-state index is 0.0133. The molecule has 0 amide bonds. The summed E-state index contributed by atoms with van der Waals surface area (Å²) in [5.74, 6) is 1.08. The van der Waals surface area contributed by atoms with Crippen molar-refractivity contribution >= 4 is 49.4 Å². The van der Waals surface area contributed by atoms with Gasteiger partial charge in [0, 0.05) is 31.8 Å². The molecule has 7 aromatic rings. The van der Waals surface area contributed by atoms with E-state index in [1.54, 1.807) is 0 Å². The predicted molar refractivity (Wildman–Crippen MR) is 211 cm³/mol. The minimum Gasteiger partial charge on any atom is -0.507 e. The summed E-state index contributed by atoms with van der Waals surface area (Å²) in [6.07, 6.45) is 9.40. The highest BCUT2D eigenvalue weighted by molar-refractivity contribution is 7.19. The fraction of sp³-hybridized carbons (Fsp3) is 0.244. The minimum atomic E-state index is -0.216. The number of thiophene rings is 1. The van der Waals surface area contributed by atoms with Crippen molar-refractivity contribution in [2.75, 3.05) is 0 Å². The third kappa shape index (κ3) is 6.27. The van der Waals surface area contributed by atoms with Gasteiger partial charge in [0.05, 0.1) is 18.5 Å². The molecule has 5 aromatic carbocycles. The third-order valence-electron chi connectivity index (χ3n) is 11.0. The number of furan rings is 1. The number of para-hydroxylation sites is 2. The Hall–Kier alpha value is -4.72. The van der Waals surface area contributed by atoms with Crippen LogP contribution in [0.3, 0.4) is 0 Å². The summed E-state index contributed by atoms with van der Waals surface area (Å²) in [6.45, 7) is 2.30. The average Bonchev–Trinajstić information content (AvgIpc) is 3.74. The second-order valence-electron chi connectivity index (χ2n) is 14.3. The second-order valence-corrected chi connectivity index (χ2v) is 15.4. The summed E-state index contributed by atoms with van der Waals surface area (Å²) in [6, 6.07) is 40.4. The zero-order valence-electron chi connectivity index (χ0n) is 28.8. The predicted octanol–water partition coefficient (Wildman–Crippen LogP) is 10.7. The lowest BCUT2D eigenvalue weighted by Gasteiger charge is -2.42. The highest BCUT2D eigenvalue weighted by atomic mass is 32.1. The standard InChI is InChI=1S/C45H43N3O2S/c1-28(31-22-24-34-33-17-7-9-20-38(33)50-39(34)26-31)12-5-6-13-29-16-11-19-37(42(29)49)45-47-43(30-14-3-2-4-15-30)46-44(48-45)32-23-25-36-35-18-8-10-21-40(35)51-41(36)27-32/h2-4,7-11,14-26,28,32,43-49H,5-6,12-13,27H2,1H3. The fourth-order valence-corrected chi connectivity index (χ4v) is 9.41. The van der Waals surface area contributed by atoms with Gasteiger partial charge < -0.3 is 9.52 Å². The second kappa shape index (κ2) is 13.8. The van der Waals surface area contributed by atoms with Crippen molar-refractivity contribution in [2.24, 2.45) is 5.92 Å². The van der Waals surface area contributed by atoms with E-state index in [-0.39, 0.29) is 24.4 Å². The number of unbranched alkanes of at least 4 members (excludes halogenated alkanes) is 1. The first-order valence-corrected chi connectivity index (χ1v) is 19.1. The van der Waals surface area contributed by atoms with E-state index in [1.807, 2.05) is 23.5 Å². The van der Waals surface area contributed by atoms with Gasteiger partial charge in [-0.25, -0.2) is 0 Å². The van der Waals surface area contributed by atoms with Crippen LogP contribution in [0.5, 0.6) is 5.75 Å². The summed E-state index contributed by atoms with van der Waals surface area (Å²) in [5.41, 5.74) is 7.67. The number of phenols is 1. The molecular formula is C45H43N3O2S. The molecule has 0 spiro atoms. The maximum Gasteiger partial charge on any atom is 0.135 e. The summed E-state index contributed by atoms with van der Waals surface area (Å²) in [7, 11) is 0. The van der Waals surface area contributed by atoms with Crippen LogP contribution in [0.25, 0.3) is 38.1 Å². The van der Waals surface area contributed by atoms with E-state index in [9.17, 15) is 5.11 Å². The molecule has 6 heteroatoms. The zero-order chi connectivity index (χ0) is 34.3. The Morgan fingerprint density at radius 2 is 1.55 bits per heavy atom. The van der Waals surface area contributed by atoms with Gasteiger partial charge in [-0.1, -0.05) is 123 Å². The molecule has 9 rings (SSSR count). The maximum absolute atomic E-state index is 11.7. The lowest BCUT2D eigenvalue weighted by Crippen LogP contribution is -2.61.